The number of aromatic nitrogens is 1. The number of hydrogen-bond donors (Lipinski definition) is 4. The smallest absolute Gasteiger partial charge is 0.269 e. The third-order valence-corrected chi connectivity index (χ3v) is 9.36. The molecule has 52 heavy (non-hydrogen) atoms. The molecule has 1 aliphatic heterocycles. The van der Waals surface area contributed by atoms with Gasteiger partial charge >= 0.3 is 0 Å². The third-order valence-electron chi connectivity index (χ3n) is 9.36. The van der Waals surface area contributed by atoms with Crippen LogP contribution in [0.5, 0.6) is 0 Å². The van der Waals surface area contributed by atoms with Gasteiger partial charge in [0.15, 0.2) is 5.60 Å². The molecule has 0 unspecified atom stereocenters. The molecule has 2 atom stereocenters. The molecule has 0 spiro atoms. The van der Waals surface area contributed by atoms with Crippen molar-refractivity contribution in [2.24, 2.45) is 5.92 Å². The second-order valence-corrected chi connectivity index (χ2v) is 12.8. The molecule has 0 aliphatic carbocycles. The van der Waals surface area contributed by atoms with Crippen molar-refractivity contribution < 1.29 is 29.5 Å². The minimum Gasteiger partial charge on any atom is -0.395 e. The molecule has 4 aromatic carbocycles. The summed E-state index contributed by atoms with van der Waals surface area (Å²) in [5.74, 6) is -2.03. The van der Waals surface area contributed by atoms with Crippen LogP contribution in [0.3, 0.4) is 0 Å². The van der Waals surface area contributed by atoms with Gasteiger partial charge in [-0.25, -0.2) is 0 Å². The fourth-order valence-corrected chi connectivity index (χ4v) is 6.65. The first-order valence-corrected chi connectivity index (χ1v) is 16.9. The van der Waals surface area contributed by atoms with E-state index in [1.54, 1.807) is 43.3 Å². The molecule has 0 fully saturated rings. The van der Waals surface area contributed by atoms with Gasteiger partial charge in [0.25, 0.3) is 11.6 Å². The number of anilines is 2. The van der Waals surface area contributed by atoms with Gasteiger partial charge in [0.2, 0.25) is 11.8 Å². The Hall–Kier alpha value is -6.11. The van der Waals surface area contributed by atoms with Gasteiger partial charge in [-0.05, 0) is 41.0 Å². The van der Waals surface area contributed by atoms with Gasteiger partial charge < -0.3 is 30.3 Å². The lowest BCUT2D eigenvalue weighted by Gasteiger charge is -2.28. The molecule has 4 N–H and O–H groups in total. The number of nitro benzene ring substituents is 1. The van der Waals surface area contributed by atoms with E-state index in [9.17, 15) is 34.7 Å². The van der Waals surface area contributed by atoms with Crippen LogP contribution in [0, 0.1) is 16.0 Å². The largest absolute Gasteiger partial charge is 0.395 e. The summed E-state index contributed by atoms with van der Waals surface area (Å²) in [5.41, 5.74) is 1.85. The molecule has 0 saturated carbocycles. The summed E-state index contributed by atoms with van der Waals surface area (Å²) >= 11 is 0. The van der Waals surface area contributed by atoms with Gasteiger partial charge in [-0.15, -0.1) is 0 Å². The van der Waals surface area contributed by atoms with E-state index in [4.69, 9.17) is 0 Å². The van der Waals surface area contributed by atoms with Crippen LogP contribution in [0.4, 0.5) is 17.1 Å². The number of H-pyrrole nitrogens is 1. The summed E-state index contributed by atoms with van der Waals surface area (Å²) in [6, 6.07) is 28.1. The first kappa shape index (κ1) is 35.7. The number of carbonyl (C=O) groups is 3. The Morgan fingerprint density at radius 3 is 2.54 bits per heavy atom. The standard InChI is InChI=1S/C40H39N5O7/c1-27(9-7-16-38(48)43(19-20-46)25-28-10-3-2-4-11-28)40(50)34-23-32(45(51)52)17-18-36(34)44(39(40)49)26-29-12-8-13-31(21-29)42-37(47)22-30-24-41-35-15-6-5-14-33(30)35/h2-15,17-18,21,23-24,27,41,46,50H,16,19-20,22,25-26H2,1H3,(H,42,47)/b9-7+/t27-,40+/m1/s1. The highest BCUT2D eigenvalue weighted by molar-refractivity contribution is 6.07. The van der Waals surface area contributed by atoms with Crippen LogP contribution in [0.25, 0.3) is 10.9 Å². The molecule has 5 aromatic rings. The number of aliphatic hydroxyl groups is 2. The molecule has 3 amide bonds. The van der Waals surface area contributed by atoms with E-state index in [0.717, 1.165) is 22.0 Å². The Kier molecular flexibility index (Phi) is 10.6. The van der Waals surface area contributed by atoms with Gasteiger partial charge in [0, 0.05) is 65.9 Å². The highest BCUT2D eigenvalue weighted by Gasteiger charge is 2.53. The fourth-order valence-electron chi connectivity index (χ4n) is 6.65. The van der Waals surface area contributed by atoms with Crippen LogP contribution in [0.1, 0.15) is 35.6 Å². The number of nitrogens with zero attached hydrogens (tertiary/aromatic N) is 3. The van der Waals surface area contributed by atoms with Crippen LogP contribution in [-0.2, 0) is 39.5 Å². The Morgan fingerprint density at radius 2 is 1.77 bits per heavy atom. The van der Waals surface area contributed by atoms with Gasteiger partial charge in [-0.3, -0.25) is 24.5 Å². The van der Waals surface area contributed by atoms with Crippen molar-refractivity contribution in [1.29, 1.82) is 0 Å². The zero-order chi connectivity index (χ0) is 36.8. The summed E-state index contributed by atoms with van der Waals surface area (Å²) in [4.78, 5) is 57.5. The van der Waals surface area contributed by atoms with E-state index >= 15 is 0 Å². The summed E-state index contributed by atoms with van der Waals surface area (Å²) in [6.45, 7) is 1.87. The van der Waals surface area contributed by atoms with Crippen molar-refractivity contribution in [2.45, 2.75) is 38.5 Å². The molecule has 2 heterocycles. The number of non-ortho nitro benzene ring substituents is 1. The van der Waals surface area contributed by atoms with Gasteiger partial charge in [0.1, 0.15) is 0 Å². The van der Waals surface area contributed by atoms with Gasteiger partial charge in [-0.1, -0.05) is 79.7 Å². The molecule has 0 radical (unpaired) electrons. The van der Waals surface area contributed by atoms with E-state index < -0.39 is 22.3 Å². The van der Waals surface area contributed by atoms with Crippen molar-refractivity contribution in [3.8, 4) is 0 Å². The second kappa shape index (κ2) is 15.4. The lowest BCUT2D eigenvalue weighted by molar-refractivity contribution is -0.385. The highest BCUT2D eigenvalue weighted by Crippen LogP contribution is 2.47. The molecular weight excluding hydrogens is 662 g/mol. The van der Waals surface area contributed by atoms with Crippen molar-refractivity contribution in [3.63, 3.8) is 0 Å². The normalized spacial score (nSPS) is 15.9. The number of aromatic amines is 1. The van der Waals surface area contributed by atoms with Gasteiger partial charge in [-0.2, -0.15) is 0 Å². The maximum absolute atomic E-state index is 14.1. The van der Waals surface area contributed by atoms with Crippen LogP contribution in [-0.4, -0.2) is 55.9 Å². The minimum atomic E-state index is -2.17. The molecule has 1 aromatic heterocycles. The average Bonchev–Trinajstić information content (AvgIpc) is 3.64. The number of carbonyl (C=O) groups excluding carboxylic acids is 3. The molecular formula is C40H39N5O7. The zero-order valence-electron chi connectivity index (χ0n) is 28.6. The molecule has 1 aliphatic rings. The molecule has 0 saturated heterocycles. The van der Waals surface area contributed by atoms with E-state index in [1.165, 1.54) is 28.0 Å². The summed E-state index contributed by atoms with van der Waals surface area (Å²) in [6.07, 6.45) is 5.04. The number of nitro groups is 1. The Balaban J connectivity index is 1.19. The number of fused-ring (bicyclic) bond motifs is 2. The van der Waals surface area contributed by atoms with Crippen LogP contribution < -0.4 is 10.2 Å². The number of hydrogen-bond acceptors (Lipinski definition) is 7. The number of nitrogens with one attached hydrogen (secondary N) is 2. The van der Waals surface area contributed by atoms with Crippen molar-refractivity contribution in [3.05, 3.63) is 148 Å². The minimum absolute atomic E-state index is 0.0165. The summed E-state index contributed by atoms with van der Waals surface area (Å²) < 4.78 is 0. The Bertz CT molecular complexity index is 2150. The molecule has 0 bridgehead atoms. The average molecular weight is 702 g/mol. The van der Waals surface area contributed by atoms with E-state index in [-0.39, 0.29) is 55.6 Å². The topological polar surface area (TPSA) is 169 Å². The SMILES string of the molecule is C[C@H](/C=C/CC(=O)N(CCO)Cc1ccccc1)[C@@]1(O)C(=O)N(Cc2cccc(NC(=O)Cc3c[nH]c4ccccc34)c2)c2ccc([N+](=O)[O-])cc21. The van der Waals surface area contributed by atoms with Crippen LogP contribution >= 0.6 is 0 Å². The summed E-state index contributed by atoms with van der Waals surface area (Å²) in [7, 11) is 0. The monoisotopic (exact) mass is 701 g/mol. The zero-order valence-corrected chi connectivity index (χ0v) is 28.6. The molecule has 266 valence electrons. The number of amides is 3. The van der Waals surface area contributed by atoms with Crippen molar-refractivity contribution >= 4 is 45.7 Å². The lowest BCUT2D eigenvalue weighted by atomic mass is 9.82. The number of aliphatic hydroxyl groups excluding tert-OH is 1. The molecule has 6 rings (SSSR count). The van der Waals surface area contributed by atoms with E-state index in [2.05, 4.69) is 10.3 Å². The quantitative estimate of drug-likeness (QED) is 0.0664. The van der Waals surface area contributed by atoms with E-state index in [0.29, 0.717) is 23.5 Å². The van der Waals surface area contributed by atoms with E-state index in [1.807, 2.05) is 60.8 Å². The molecule has 12 nitrogen and oxygen atoms in total. The maximum Gasteiger partial charge on any atom is 0.269 e. The third kappa shape index (κ3) is 7.48. The second-order valence-electron chi connectivity index (χ2n) is 12.8. The van der Waals surface area contributed by atoms with Crippen molar-refractivity contribution in [2.75, 3.05) is 23.4 Å². The fraction of sp³-hybridized carbons (Fsp3) is 0.225. The first-order chi connectivity index (χ1) is 25.1. The molecule has 12 heteroatoms. The van der Waals surface area contributed by atoms with Crippen LogP contribution in [0.2, 0.25) is 0 Å². The Morgan fingerprint density at radius 1 is 1.02 bits per heavy atom. The maximum atomic E-state index is 14.1. The lowest BCUT2D eigenvalue weighted by Crippen LogP contribution is -2.44. The van der Waals surface area contributed by atoms with Crippen LogP contribution in [0.15, 0.2) is 115 Å². The number of benzene rings is 4. The first-order valence-electron chi connectivity index (χ1n) is 16.9. The highest BCUT2D eigenvalue weighted by atomic mass is 16.6. The summed E-state index contributed by atoms with van der Waals surface area (Å²) in [5, 5.41) is 37.3. The predicted molar refractivity (Wildman–Crippen MR) is 197 cm³/mol. The number of rotatable bonds is 14. The number of para-hydroxylation sites is 1. The van der Waals surface area contributed by atoms with Gasteiger partial charge in [0.05, 0.1) is 30.2 Å². The predicted octanol–water partition coefficient (Wildman–Crippen LogP) is 5.60. The Labute approximate surface area is 300 Å². The van der Waals surface area contributed by atoms with Crippen molar-refractivity contribution in [1.82, 2.24) is 9.88 Å².